The van der Waals surface area contributed by atoms with Gasteiger partial charge in [-0.25, -0.2) is 9.59 Å². The van der Waals surface area contributed by atoms with Crippen LogP contribution in [-0.4, -0.2) is 96.5 Å². The van der Waals surface area contributed by atoms with Gasteiger partial charge in [0.05, 0.1) is 25.3 Å². The van der Waals surface area contributed by atoms with Gasteiger partial charge in [0.15, 0.2) is 0 Å². The molecular formula is C35H48ClN3O9S. The van der Waals surface area contributed by atoms with E-state index in [1.807, 2.05) is 38.1 Å². The molecule has 0 radical (unpaired) electrons. The molecule has 49 heavy (non-hydrogen) atoms. The molecule has 1 aromatic carbocycles. The molecule has 3 amide bonds. The summed E-state index contributed by atoms with van der Waals surface area (Å²) in [6.45, 7) is 8.86. The second-order valence-electron chi connectivity index (χ2n) is 13.5. The first kappa shape index (κ1) is 38.5. The van der Waals surface area contributed by atoms with E-state index in [1.54, 1.807) is 33.9 Å². The molecule has 0 saturated carbocycles. The van der Waals surface area contributed by atoms with Crippen LogP contribution in [0.2, 0.25) is 5.02 Å². The standard InChI is InChI=1S/C35H48ClN3O9S/c1-19-10-9-11-20(2)35(44)18-26(46-33(43)37-35)21(3)31-34(5,48-31)27(47-32(42)22(4)38(6)28(40)12-13-49)17-29(41)39(7)24-15-23(14-19)16-25(45-8)30(24)36/h9-11,15-16,20-22,26-27,31,44,49H,12-14,17-18H2,1-8H3,(H,37,43)/b11-9+,19-10+/t20-,21?,22?,26?,27?,31?,34?,35?/m0/s1. The molecule has 2 N–H and O–H groups in total. The summed E-state index contributed by atoms with van der Waals surface area (Å²) < 4.78 is 23.4. The molecule has 7 unspecified atom stereocenters. The highest BCUT2D eigenvalue weighted by Crippen LogP contribution is 2.49. The van der Waals surface area contributed by atoms with Crippen LogP contribution >= 0.6 is 24.2 Å². The van der Waals surface area contributed by atoms with Crippen molar-refractivity contribution < 1.29 is 43.2 Å². The number of nitrogens with one attached hydrogen (secondary N) is 1. The average Bonchev–Trinajstić information content (AvgIpc) is 3.74. The van der Waals surface area contributed by atoms with E-state index < -0.39 is 65.5 Å². The van der Waals surface area contributed by atoms with Crippen molar-refractivity contribution in [2.24, 2.45) is 11.8 Å². The van der Waals surface area contributed by atoms with E-state index in [0.29, 0.717) is 23.6 Å². The van der Waals surface area contributed by atoms with E-state index >= 15 is 0 Å². The van der Waals surface area contributed by atoms with Crippen LogP contribution < -0.4 is 15.0 Å². The minimum Gasteiger partial charge on any atom is -0.495 e. The van der Waals surface area contributed by atoms with Crippen molar-refractivity contribution in [1.29, 1.82) is 0 Å². The van der Waals surface area contributed by atoms with Crippen LogP contribution in [-0.2, 0) is 35.0 Å². The summed E-state index contributed by atoms with van der Waals surface area (Å²) >= 11 is 10.8. The largest absolute Gasteiger partial charge is 0.495 e. The number of benzene rings is 1. The molecule has 14 heteroatoms. The van der Waals surface area contributed by atoms with Gasteiger partial charge in [-0.2, -0.15) is 12.6 Å². The Bertz CT molecular complexity index is 1520. The summed E-state index contributed by atoms with van der Waals surface area (Å²) in [6, 6.07) is 2.65. The number of carbonyl (C=O) groups is 4. The number of carbonyl (C=O) groups excluding carboxylic acids is 4. The molecule has 3 aliphatic heterocycles. The predicted octanol–water partition coefficient (Wildman–Crippen LogP) is 4.46. The van der Waals surface area contributed by atoms with Crippen molar-refractivity contribution >= 4 is 53.8 Å². The molecule has 4 bridgehead atoms. The van der Waals surface area contributed by atoms with Gasteiger partial charge in [0.1, 0.15) is 40.3 Å². The Labute approximate surface area is 298 Å². The normalized spacial score (nSPS) is 32.8. The van der Waals surface area contributed by atoms with E-state index in [4.69, 9.17) is 30.5 Å². The zero-order valence-corrected chi connectivity index (χ0v) is 31.0. The van der Waals surface area contributed by atoms with Gasteiger partial charge in [-0.1, -0.05) is 49.2 Å². The lowest BCUT2D eigenvalue weighted by Gasteiger charge is -2.41. The number of halogens is 1. The van der Waals surface area contributed by atoms with Crippen LogP contribution in [0.1, 0.15) is 59.4 Å². The Morgan fingerprint density at radius 3 is 2.63 bits per heavy atom. The highest BCUT2D eigenvalue weighted by molar-refractivity contribution is 7.80. The number of hydrogen-bond donors (Lipinski definition) is 3. The number of allylic oxidation sites excluding steroid dienone is 3. The number of hydrogen-bond acceptors (Lipinski definition) is 10. The van der Waals surface area contributed by atoms with Gasteiger partial charge in [-0.15, -0.1) is 0 Å². The molecule has 2 saturated heterocycles. The molecule has 1 aromatic rings. The first-order chi connectivity index (χ1) is 22.9. The van der Waals surface area contributed by atoms with Gasteiger partial charge in [0.25, 0.3) is 0 Å². The molecule has 2 fully saturated rings. The fraction of sp³-hybridized carbons (Fsp3) is 0.600. The number of nitrogens with zero attached hydrogens (tertiary/aromatic N) is 2. The van der Waals surface area contributed by atoms with Crippen molar-refractivity contribution in [2.75, 3.05) is 31.9 Å². The third-order valence-corrected chi connectivity index (χ3v) is 10.6. The quantitative estimate of drug-likeness (QED) is 0.220. The molecule has 12 nitrogen and oxygen atoms in total. The Morgan fingerprint density at radius 1 is 1.29 bits per heavy atom. The van der Waals surface area contributed by atoms with Crippen LogP contribution in [0.5, 0.6) is 5.75 Å². The highest BCUT2D eigenvalue weighted by atomic mass is 35.5. The third-order valence-electron chi connectivity index (χ3n) is 9.99. The molecule has 0 aromatic heterocycles. The van der Waals surface area contributed by atoms with Gasteiger partial charge in [-0.05, 0) is 50.6 Å². The highest BCUT2D eigenvalue weighted by Gasteiger charge is 2.64. The lowest BCUT2D eigenvalue weighted by Crippen LogP contribution is -2.60. The topological polar surface area (TPSA) is 147 Å². The molecule has 3 aliphatic rings. The second kappa shape index (κ2) is 15.3. The Hall–Kier alpha value is -3.26. The van der Waals surface area contributed by atoms with E-state index in [2.05, 4.69) is 17.9 Å². The Kier molecular flexibility index (Phi) is 12.1. The maximum atomic E-state index is 14.0. The Morgan fingerprint density at radius 2 is 1.98 bits per heavy atom. The molecule has 4 rings (SSSR count). The van der Waals surface area contributed by atoms with Crippen molar-refractivity contribution in [3.05, 3.63) is 46.5 Å². The predicted molar refractivity (Wildman–Crippen MR) is 188 cm³/mol. The average molecular weight is 722 g/mol. The van der Waals surface area contributed by atoms with Gasteiger partial charge in [-0.3, -0.25) is 14.9 Å². The number of thiol groups is 1. The first-order valence-electron chi connectivity index (χ1n) is 16.4. The molecule has 0 spiro atoms. The van der Waals surface area contributed by atoms with Gasteiger partial charge in [0.2, 0.25) is 11.8 Å². The summed E-state index contributed by atoms with van der Waals surface area (Å²) in [5.74, 6) is -1.67. The number of aliphatic hydroxyl groups is 1. The van der Waals surface area contributed by atoms with Gasteiger partial charge >= 0.3 is 12.1 Å². The van der Waals surface area contributed by atoms with Crippen LogP contribution in [0.15, 0.2) is 35.9 Å². The van der Waals surface area contributed by atoms with Crippen molar-refractivity contribution in [1.82, 2.24) is 10.2 Å². The van der Waals surface area contributed by atoms with E-state index in [-0.39, 0.29) is 30.2 Å². The summed E-state index contributed by atoms with van der Waals surface area (Å²) in [6.07, 6.45) is 2.73. The number of fused-ring (bicyclic) bond motifs is 5. The Balaban J connectivity index is 1.76. The van der Waals surface area contributed by atoms with Crippen LogP contribution in [0, 0.1) is 11.8 Å². The van der Waals surface area contributed by atoms with Crippen LogP contribution in [0.3, 0.4) is 0 Å². The summed E-state index contributed by atoms with van der Waals surface area (Å²) in [5, 5.41) is 14.4. The number of esters is 1. The minimum absolute atomic E-state index is 0.0649. The monoisotopic (exact) mass is 721 g/mol. The second-order valence-corrected chi connectivity index (χ2v) is 14.3. The van der Waals surface area contributed by atoms with Crippen molar-refractivity contribution in [2.45, 2.75) is 96.0 Å². The van der Waals surface area contributed by atoms with Crippen molar-refractivity contribution in [3.8, 4) is 5.75 Å². The SMILES string of the molecule is COc1cc2cc(c1Cl)N(C)C(=O)CC(OC(=O)C(C)N(C)C(=O)CCS)C1(C)OC1C(C)C1CC(O)(NC(=O)O1)[C@@H](C)/C=C/C=C(\C)C2. The fourth-order valence-electron chi connectivity index (χ4n) is 6.39. The number of ether oxygens (including phenoxy) is 4. The van der Waals surface area contributed by atoms with E-state index in [9.17, 15) is 24.3 Å². The number of epoxide rings is 1. The smallest absolute Gasteiger partial charge is 0.409 e. The van der Waals surface area contributed by atoms with Crippen LogP contribution in [0.4, 0.5) is 10.5 Å². The zero-order chi connectivity index (χ0) is 36.4. The molecule has 3 heterocycles. The first-order valence-corrected chi connectivity index (χ1v) is 17.4. The van der Waals surface area contributed by atoms with Crippen molar-refractivity contribution in [3.63, 3.8) is 0 Å². The lowest BCUT2D eigenvalue weighted by atomic mass is 9.82. The van der Waals surface area contributed by atoms with E-state index in [1.165, 1.54) is 24.0 Å². The number of amides is 3. The van der Waals surface area contributed by atoms with Gasteiger partial charge in [0, 0.05) is 38.8 Å². The number of anilines is 1. The summed E-state index contributed by atoms with van der Waals surface area (Å²) in [4.78, 5) is 55.5. The third kappa shape index (κ3) is 8.38. The molecule has 0 aliphatic carbocycles. The number of rotatable bonds is 6. The molecule has 270 valence electrons. The maximum Gasteiger partial charge on any atom is 0.409 e. The minimum atomic E-state index is -1.61. The fourth-order valence-corrected chi connectivity index (χ4v) is 6.90. The number of alkyl carbamates (subject to hydrolysis) is 1. The molecular weight excluding hydrogens is 674 g/mol. The number of methoxy groups -OCH3 is 1. The maximum absolute atomic E-state index is 14.0. The summed E-state index contributed by atoms with van der Waals surface area (Å²) in [7, 11) is 4.58. The van der Waals surface area contributed by atoms with E-state index in [0.717, 1.165) is 11.1 Å². The molecule has 8 atom stereocenters. The zero-order valence-electron chi connectivity index (χ0n) is 29.3. The number of likely N-dealkylation sites (N-methyl/N-ethyl adjacent to an activating group) is 1. The lowest BCUT2D eigenvalue weighted by molar-refractivity contribution is -0.161. The van der Waals surface area contributed by atoms with Crippen LogP contribution in [0.25, 0.3) is 0 Å². The summed E-state index contributed by atoms with van der Waals surface area (Å²) in [5.41, 5.74) is -0.563. The van der Waals surface area contributed by atoms with Gasteiger partial charge < -0.3 is 33.9 Å².